The summed E-state index contributed by atoms with van der Waals surface area (Å²) in [5.41, 5.74) is 0.565. The van der Waals surface area contributed by atoms with Crippen molar-refractivity contribution in [3.63, 3.8) is 0 Å². The highest BCUT2D eigenvalue weighted by Gasteiger charge is 2.28. The number of carbonyl (C=O) groups is 1. The van der Waals surface area contributed by atoms with Crippen LogP contribution in [-0.4, -0.2) is 79.0 Å². The summed E-state index contributed by atoms with van der Waals surface area (Å²) in [5, 5.41) is 6.33. The van der Waals surface area contributed by atoms with Gasteiger partial charge in [0, 0.05) is 38.9 Å². The third-order valence-electron chi connectivity index (χ3n) is 5.33. The number of alkyl carbamates (subject to hydrolysis) is 1. The molecule has 2 atom stereocenters. The molecule has 2 saturated heterocycles. The van der Waals surface area contributed by atoms with Crippen LogP contribution >= 0.6 is 0 Å². The molecule has 1 amide bonds. The highest BCUT2D eigenvalue weighted by molar-refractivity contribution is 5.80. The summed E-state index contributed by atoms with van der Waals surface area (Å²) in [6.07, 6.45) is 2.62. The van der Waals surface area contributed by atoms with E-state index in [1.54, 1.807) is 0 Å². The number of morpholine rings is 1. The Morgan fingerprint density at radius 2 is 2.12 bits per heavy atom. The van der Waals surface area contributed by atoms with Crippen molar-refractivity contribution >= 4 is 17.9 Å². The van der Waals surface area contributed by atoms with Gasteiger partial charge in [-0.2, -0.15) is 0 Å². The van der Waals surface area contributed by atoms with Crippen LogP contribution < -0.4 is 15.5 Å². The lowest BCUT2D eigenvalue weighted by molar-refractivity contribution is 0.0506. The quantitative estimate of drug-likeness (QED) is 0.530. The topological polar surface area (TPSA) is 91.3 Å². The standard InChI is InChI=1S/C23H38N6O3/c1-6-24-21(29-10-9-19(16-29)27-22(30)32-23(3,4)5)26-14-18-7-8-20(25-13-18)28-11-12-31-17(2)15-28/h7-8,13,17,19H,6,9-12,14-16H2,1-5H3,(H,24,26)(H,27,30). The van der Waals surface area contributed by atoms with Crippen molar-refractivity contribution in [3.8, 4) is 0 Å². The van der Waals surface area contributed by atoms with E-state index < -0.39 is 5.60 Å². The number of aromatic nitrogens is 1. The molecule has 2 fully saturated rings. The summed E-state index contributed by atoms with van der Waals surface area (Å²) < 4.78 is 11.0. The van der Waals surface area contributed by atoms with Crippen LogP contribution in [0.25, 0.3) is 0 Å². The van der Waals surface area contributed by atoms with Crippen LogP contribution in [0.3, 0.4) is 0 Å². The Hall–Kier alpha value is -2.55. The summed E-state index contributed by atoms with van der Waals surface area (Å²) in [6, 6.07) is 4.20. The van der Waals surface area contributed by atoms with Gasteiger partial charge in [0.25, 0.3) is 0 Å². The van der Waals surface area contributed by atoms with E-state index in [0.29, 0.717) is 13.1 Å². The van der Waals surface area contributed by atoms with Gasteiger partial charge in [0.2, 0.25) is 0 Å². The zero-order valence-corrected chi connectivity index (χ0v) is 20.1. The van der Waals surface area contributed by atoms with Gasteiger partial charge in [-0.1, -0.05) is 6.07 Å². The Balaban J connectivity index is 1.55. The first-order chi connectivity index (χ1) is 15.2. The molecule has 0 aliphatic carbocycles. The number of likely N-dealkylation sites (tertiary alicyclic amines) is 1. The molecule has 3 rings (SSSR count). The van der Waals surface area contributed by atoms with Gasteiger partial charge in [0.1, 0.15) is 11.4 Å². The van der Waals surface area contributed by atoms with E-state index in [4.69, 9.17) is 14.5 Å². The number of guanidine groups is 1. The van der Waals surface area contributed by atoms with Gasteiger partial charge in [-0.15, -0.1) is 0 Å². The monoisotopic (exact) mass is 446 g/mol. The molecule has 9 nitrogen and oxygen atoms in total. The van der Waals surface area contributed by atoms with Gasteiger partial charge in [-0.3, -0.25) is 0 Å². The molecule has 1 aromatic rings. The van der Waals surface area contributed by atoms with E-state index in [1.165, 1.54) is 0 Å². The lowest BCUT2D eigenvalue weighted by Crippen LogP contribution is -2.44. The molecule has 3 heterocycles. The minimum atomic E-state index is -0.498. The second-order valence-corrected chi connectivity index (χ2v) is 9.40. The van der Waals surface area contributed by atoms with E-state index in [2.05, 4.69) is 51.4 Å². The number of hydrogen-bond acceptors (Lipinski definition) is 6. The van der Waals surface area contributed by atoms with Crippen LogP contribution in [0.1, 0.15) is 46.6 Å². The smallest absolute Gasteiger partial charge is 0.407 e. The number of pyridine rings is 1. The first-order valence-corrected chi connectivity index (χ1v) is 11.6. The van der Waals surface area contributed by atoms with E-state index in [-0.39, 0.29) is 18.2 Å². The average molecular weight is 447 g/mol. The van der Waals surface area contributed by atoms with Gasteiger partial charge in [-0.05, 0) is 52.7 Å². The maximum absolute atomic E-state index is 12.1. The lowest BCUT2D eigenvalue weighted by Gasteiger charge is -2.32. The molecule has 2 aliphatic rings. The fourth-order valence-electron chi connectivity index (χ4n) is 3.86. The van der Waals surface area contributed by atoms with Crippen molar-refractivity contribution in [1.82, 2.24) is 20.5 Å². The van der Waals surface area contributed by atoms with Crippen molar-refractivity contribution in [3.05, 3.63) is 23.9 Å². The van der Waals surface area contributed by atoms with Gasteiger partial charge < -0.3 is 29.9 Å². The molecular weight excluding hydrogens is 408 g/mol. The number of ether oxygens (including phenoxy) is 2. The largest absolute Gasteiger partial charge is 0.444 e. The van der Waals surface area contributed by atoms with Crippen LogP contribution in [0.2, 0.25) is 0 Å². The zero-order chi connectivity index (χ0) is 23.1. The molecule has 9 heteroatoms. The first kappa shape index (κ1) is 24.1. The van der Waals surface area contributed by atoms with Crippen molar-refractivity contribution < 1.29 is 14.3 Å². The predicted molar refractivity (Wildman–Crippen MR) is 126 cm³/mol. The van der Waals surface area contributed by atoms with Crippen LogP contribution in [0.5, 0.6) is 0 Å². The second-order valence-electron chi connectivity index (χ2n) is 9.40. The predicted octanol–water partition coefficient (Wildman–Crippen LogP) is 2.37. The Labute approximate surface area is 191 Å². The Bertz CT molecular complexity index is 777. The zero-order valence-electron chi connectivity index (χ0n) is 20.1. The fraction of sp³-hybridized carbons (Fsp3) is 0.696. The number of carbonyl (C=O) groups excluding carboxylic acids is 1. The molecule has 0 saturated carbocycles. The number of anilines is 1. The summed E-state index contributed by atoms with van der Waals surface area (Å²) in [5.74, 6) is 1.84. The highest BCUT2D eigenvalue weighted by Crippen LogP contribution is 2.16. The van der Waals surface area contributed by atoms with E-state index in [0.717, 1.165) is 56.5 Å². The molecule has 32 heavy (non-hydrogen) atoms. The maximum atomic E-state index is 12.1. The molecular formula is C23H38N6O3. The van der Waals surface area contributed by atoms with Crippen LogP contribution in [-0.2, 0) is 16.0 Å². The Morgan fingerprint density at radius 3 is 2.78 bits per heavy atom. The van der Waals surface area contributed by atoms with Gasteiger partial charge >= 0.3 is 6.09 Å². The fourth-order valence-corrected chi connectivity index (χ4v) is 3.86. The maximum Gasteiger partial charge on any atom is 0.407 e. The van der Waals surface area contributed by atoms with Crippen molar-refractivity contribution in [2.24, 2.45) is 4.99 Å². The third-order valence-corrected chi connectivity index (χ3v) is 5.33. The molecule has 2 aliphatic heterocycles. The van der Waals surface area contributed by atoms with E-state index in [9.17, 15) is 4.79 Å². The van der Waals surface area contributed by atoms with Gasteiger partial charge in [0.05, 0.1) is 25.3 Å². The SMILES string of the molecule is CCNC(=NCc1ccc(N2CCOC(C)C2)nc1)N1CCC(NC(=O)OC(C)(C)C)C1. The number of aliphatic imine (C=N–C) groups is 1. The molecule has 0 bridgehead atoms. The molecule has 2 N–H and O–H groups in total. The Kier molecular flexibility index (Phi) is 8.17. The van der Waals surface area contributed by atoms with Crippen molar-refractivity contribution in [2.45, 2.75) is 65.3 Å². The molecule has 0 spiro atoms. The van der Waals surface area contributed by atoms with Crippen LogP contribution in [0.15, 0.2) is 23.3 Å². The van der Waals surface area contributed by atoms with Crippen LogP contribution in [0, 0.1) is 0 Å². The second kappa shape index (κ2) is 10.8. The van der Waals surface area contributed by atoms with E-state index in [1.807, 2.05) is 27.0 Å². The third kappa shape index (κ3) is 7.25. The Morgan fingerprint density at radius 1 is 1.31 bits per heavy atom. The van der Waals surface area contributed by atoms with Crippen molar-refractivity contribution in [1.29, 1.82) is 0 Å². The normalized spacial score (nSPS) is 22.1. The van der Waals surface area contributed by atoms with Crippen LogP contribution in [0.4, 0.5) is 10.6 Å². The average Bonchev–Trinajstić information content (AvgIpc) is 3.18. The first-order valence-electron chi connectivity index (χ1n) is 11.6. The summed E-state index contributed by atoms with van der Waals surface area (Å²) >= 11 is 0. The number of nitrogens with one attached hydrogen (secondary N) is 2. The lowest BCUT2D eigenvalue weighted by atomic mass is 10.2. The number of hydrogen-bond donors (Lipinski definition) is 2. The van der Waals surface area contributed by atoms with Gasteiger partial charge in [-0.25, -0.2) is 14.8 Å². The molecule has 2 unspecified atom stereocenters. The number of rotatable bonds is 5. The molecule has 0 radical (unpaired) electrons. The van der Waals surface area contributed by atoms with E-state index >= 15 is 0 Å². The summed E-state index contributed by atoms with van der Waals surface area (Å²) in [4.78, 5) is 26.0. The minimum Gasteiger partial charge on any atom is -0.444 e. The highest BCUT2D eigenvalue weighted by atomic mass is 16.6. The molecule has 178 valence electrons. The van der Waals surface area contributed by atoms with Gasteiger partial charge in [0.15, 0.2) is 5.96 Å². The minimum absolute atomic E-state index is 0.0468. The summed E-state index contributed by atoms with van der Waals surface area (Å²) in [6.45, 7) is 15.1. The molecule has 1 aromatic heterocycles. The van der Waals surface area contributed by atoms with Crippen molar-refractivity contribution in [2.75, 3.05) is 44.2 Å². The number of amides is 1. The summed E-state index contributed by atoms with van der Waals surface area (Å²) in [7, 11) is 0. The number of nitrogens with zero attached hydrogens (tertiary/aromatic N) is 4. The molecule has 0 aromatic carbocycles.